The summed E-state index contributed by atoms with van der Waals surface area (Å²) in [5, 5.41) is 8.68. The van der Waals surface area contributed by atoms with Crippen molar-refractivity contribution in [3.05, 3.63) is 59.7 Å². The van der Waals surface area contributed by atoms with Gasteiger partial charge in [-0.3, -0.25) is 14.4 Å². The number of para-hydroxylation sites is 2. The molecule has 1 N–H and O–H groups in total. The van der Waals surface area contributed by atoms with Gasteiger partial charge in [0.05, 0.1) is 29.8 Å². The van der Waals surface area contributed by atoms with E-state index in [1.54, 1.807) is 48.5 Å². The van der Waals surface area contributed by atoms with Crippen LogP contribution >= 0.6 is 0 Å². The van der Waals surface area contributed by atoms with E-state index in [0.29, 0.717) is 22.6 Å². The highest BCUT2D eigenvalue weighted by Gasteiger charge is 2.37. The number of amides is 2. The van der Waals surface area contributed by atoms with Gasteiger partial charge in [-0.25, -0.2) is 4.90 Å². The van der Waals surface area contributed by atoms with E-state index in [-0.39, 0.29) is 13.0 Å². The number of hydrogen-bond acceptors (Lipinski definition) is 4. The number of anilines is 1. The van der Waals surface area contributed by atoms with Gasteiger partial charge < -0.3 is 9.84 Å². The second-order valence-corrected chi connectivity index (χ2v) is 4.95. The van der Waals surface area contributed by atoms with Gasteiger partial charge in [-0.2, -0.15) is 0 Å². The third-order valence-corrected chi connectivity index (χ3v) is 3.47. The molecule has 116 valence electrons. The second-order valence-electron chi connectivity index (χ2n) is 4.95. The summed E-state index contributed by atoms with van der Waals surface area (Å²) in [6, 6.07) is 13.2. The van der Waals surface area contributed by atoms with Crippen molar-refractivity contribution in [1.82, 2.24) is 0 Å². The van der Waals surface area contributed by atoms with E-state index >= 15 is 0 Å². The van der Waals surface area contributed by atoms with Crippen LogP contribution in [0.4, 0.5) is 5.69 Å². The number of carbonyl (C=O) groups excluding carboxylic acids is 2. The summed E-state index contributed by atoms with van der Waals surface area (Å²) in [6.07, 6.45) is -0.170. The first kappa shape index (κ1) is 14.8. The average Bonchev–Trinajstić information content (AvgIpc) is 2.80. The number of aliphatic carboxylic acids is 1. The molecule has 0 aromatic heterocycles. The highest BCUT2D eigenvalue weighted by molar-refractivity contribution is 6.34. The molecule has 1 aliphatic rings. The normalized spacial score (nSPS) is 13.1. The zero-order chi connectivity index (χ0) is 16.4. The van der Waals surface area contributed by atoms with E-state index in [9.17, 15) is 14.4 Å². The molecule has 0 fully saturated rings. The summed E-state index contributed by atoms with van der Waals surface area (Å²) >= 11 is 0. The molecule has 0 saturated carbocycles. The van der Waals surface area contributed by atoms with Crippen molar-refractivity contribution < 1.29 is 24.2 Å². The van der Waals surface area contributed by atoms with Crippen molar-refractivity contribution in [1.29, 1.82) is 0 Å². The number of ether oxygens (including phenoxy) is 1. The van der Waals surface area contributed by atoms with Gasteiger partial charge in [-0.05, 0) is 24.3 Å². The SMILES string of the molecule is O=C(O)CCOc1ccccc1N1C(=O)c2ccccc2C1=O. The predicted molar refractivity (Wildman–Crippen MR) is 81.8 cm³/mol. The highest BCUT2D eigenvalue weighted by Crippen LogP contribution is 2.34. The maximum Gasteiger partial charge on any atom is 0.306 e. The molecule has 2 amide bonds. The van der Waals surface area contributed by atoms with Crippen LogP contribution in [-0.2, 0) is 4.79 Å². The molecule has 2 aromatic carbocycles. The number of carboxylic acids is 1. The quantitative estimate of drug-likeness (QED) is 0.857. The largest absolute Gasteiger partial charge is 0.491 e. The van der Waals surface area contributed by atoms with E-state index in [1.165, 1.54) is 0 Å². The maximum atomic E-state index is 12.5. The van der Waals surface area contributed by atoms with Crippen LogP contribution in [0.1, 0.15) is 27.1 Å². The molecule has 6 heteroatoms. The monoisotopic (exact) mass is 311 g/mol. The lowest BCUT2D eigenvalue weighted by atomic mass is 10.1. The maximum absolute atomic E-state index is 12.5. The minimum Gasteiger partial charge on any atom is -0.491 e. The Morgan fingerprint density at radius 1 is 0.957 bits per heavy atom. The molecule has 0 unspecified atom stereocenters. The summed E-state index contributed by atoms with van der Waals surface area (Å²) in [7, 11) is 0. The van der Waals surface area contributed by atoms with Crippen molar-refractivity contribution >= 4 is 23.5 Å². The number of hydrogen-bond donors (Lipinski definition) is 1. The molecule has 0 spiro atoms. The third-order valence-electron chi connectivity index (χ3n) is 3.47. The molecular weight excluding hydrogens is 298 g/mol. The van der Waals surface area contributed by atoms with Crippen LogP contribution in [0.3, 0.4) is 0 Å². The average molecular weight is 311 g/mol. The van der Waals surface area contributed by atoms with Crippen LogP contribution < -0.4 is 9.64 Å². The summed E-state index contributed by atoms with van der Waals surface area (Å²) in [4.78, 5) is 36.6. The molecule has 6 nitrogen and oxygen atoms in total. The van der Waals surface area contributed by atoms with Gasteiger partial charge >= 0.3 is 5.97 Å². The number of imide groups is 1. The Morgan fingerprint density at radius 2 is 1.52 bits per heavy atom. The van der Waals surface area contributed by atoms with Crippen LogP contribution in [0.15, 0.2) is 48.5 Å². The van der Waals surface area contributed by atoms with Crippen LogP contribution in [0.25, 0.3) is 0 Å². The molecular formula is C17H13NO5. The Kier molecular flexibility index (Phi) is 3.80. The predicted octanol–water partition coefficient (Wildman–Crippen LogP) is 2.34. The van der Waals surface area contributed by atoms with E-state index in [4.69, 9.17) is 9.84 Å². The number of rotatable bonds is 5. The van der Waals surface area contributed by atoms with Crippen LogP contribution in [0.5, 0.6) is 5.75 Å². The topological polar surface area (TPSA) is 83.9 Å². The van der Waals surface area contributed by atoms with Gasteiger partial charge in [0.25, 0.3) is 11.8 Å². The molecule has 0 saturated heterocycles. The molecule has 0 radical (unpaired) electrons. The zero-order valence-electron chi connectivity index (χ0n) is 12.1. The second kappa shape index (κ2) is 5.92. The third kappa shape index (κ3) is 2.66. The highest BCUT2D eigenvalue weighted by atomic mass is 16.5. The first-order valence-corrected chi connectivity index (χ1v) is 7.01. The summed E-state index contributed by atoms with van der Waals surface area (Å²) in [5.74, 6) is -1.52. The van der Waals surface area contributed by atoms with Gasteiger partial charge in [0.2, 0.25) is 0 Å². The molecule has 3 rings (SSSR count). The lowest BCUT2D eigenvalue weighted by Gasteiger charge is -2.18. The fraction of sp³-hybridized carbons (Fsp3) is 0.118. The van der Waals surface area contributed by atoms with Crippen molar-refractivity contribution in [2.24, 2.45) is 0 Å². The van der Waals surface area contributed by atoms with Gasteiger partial charge in [-0.1, -0.05) is 24.3 Å². The Morgan fingerprint density at radius 3 is 2.13 bits per heavy atom. The molecule has 0 bridgehead atoms. The smallest absolute Gasteiger partial charge is 0.306 e. The fourth-order valence-corrected chi connectivity index (χ4v) is 2.42. The van der Waals surface area contributed by atoms with E-state index in [2.05, 4.69) is 0 Å². The van der Waals surface area contributed by atoms with Crippen LogP contribution in [-0.4, -0.2) is 29.5 Å². The number of nitrogens with zero attached hydrogens (tertiary/aromatic N) is 1. The number of carbonyl (C=O) groups is 3. The van der Waals surface area contributed by atoms with Gasteiger partial charge in [-0.15, -0.1) is 0 Å². The summed E-state index contributed by atoms with van der Waals surface area (Å²) < 4.78 is 5.43. The summed E-state index contributed by atoms with van der Waals surface area (Å²) in [5.41, 5.74) is 1.000. The first-order chi connectivity index (χ1) is 11.1. The molecule has 2 aromatic rings. The fourth-order valence-electron chi connectivity index (χ4n) is 2.42. The van der Waals surface area contributed by atoms with Crippen LogP contribution in [0.2, 0.25) is 0 Å². The van der Waals surface area contributed by atoms with E-state index in [1.807, 2.05) is 0 Å². The molecule has 1 heterocycles. The van der Waals surface area contributed by atoms with Crippen molar-refractivity contribution in [2.45, 2.75) is 6.42 Å². The van der Waals surface area contributed by atoms with Crippen molar-refractivity contribution in [3.63, 3.8) is 0 Å². The number of benzene rings is 2. The lowest BCUT2D eigenvalue weighted by molar-refractivity contribution is -0.137. The number of fused-ring (bicyclic) bond motifs is 1. The van der Waals surface area contributed by atoms with Gasteiger partial charge in [0.1, 0.15) is 5.75 Å². The Hall–Kier alpha value is -3.15. The minimum absolute atomic E-state index is 0.0461. The van der Waals surface area contributed by atoms with Crippen molar-refractivity contribution in [2.75, 3.05) is 11.5 Å². The lowest BCUT2D eigenvalue weighted by Crippen LogP contribution is -2.29. The Balaban J connectivity index is 1.93. The molecule has 0 aliphatic carbocycles. The molecule has 1 aliphatic heterocycles. The Labute approximate surface area is 131 Å². The van der Waals surface area contributed by atoms with E-state index in [0.717, 1.165) is 4.90 Å². The molecule has 23 heavy (non-hydrogen) atoms. The van der Waals surface area contributed by atoms with Crippen LogP contribution in [0, 0.1) is 0 Å². The van der Waals surface area contributed by atoms with Gasteiger partial charge in [0.15, 0.2) is 0 Å². The number of carboxylic acid groups (broad SMARTS) is 1. The standard InChI is InChI=1S/C17H13NO5/c19-15(20)9-10-23-14-8-4-3-7-13(14)18-16(21)11-5-1-2-6-12(11)17(18)22/h1-8H,9-10H2,(H,19,20). The summed E-state index contributed by atoms with van der Waals surface area (Å²) in [6.45, 7) is -0.0461. The Bertz CT molecular complexity index is 764. The van der Waals surface area contributed by atoms with E-state index < -0.39 is 17.8 Å². The zero-order valence-corrected chi connectivity index (χ0v) is 12.1. The molecule has 0 atom stereocenters. The van der Waals surface area contributed by atoms with Gasteiger partial charge in [0, 0.05) is 0 Å². The van der Waals surface area contributed by atoms with Crippen molar-refractivity contribution in [3.8, 4) is 5.75 Å². The minimum atomic E-state index is -0.983. The first-order valence-electron chi connectivity index (χ1n) is 7.01.